The quantitative estimate of drug-likeness (QED) is 0.584. The first-order chi connectivity index (χ1) is 16.8. The highest BCUT2D eigenvalue weighted by Gasteiger charge is 2.32. The van der Waals surface area contributed by atoms with Gasteiger partial charge in [0.2, 0.25) is 15.9 Å². The van der Waals surface area contributed by atoms with Crippen molar-refractivity contribution in [3.63, 3.8) is 0 Å². The van der Waals surface area contributed by atoms with Crippen molar-refractivity contribution in [1.29, 1.82) is 0 Å². The number of carbonyl (C=O) groups is 1. The lowest BCUT2D eigenvalue weighted by atomic mass is 9.94. The molecule has 1 aliphatic heterocycles. The largest absolute Gasteiger partial charge is 0.352 e. The van der Waals surface area contributed by atoms with Gasteiger partial charge in [-0.2, -0.15) is 4.31 Å². The van der Waals surface area contributed by atoms with E-state index in [1.54, 1.807) is 12.1 Å². The van der Waals surface area contributed by atoms with Crippen LogP contribution in [0.3, 0.4) is 0 Å². The third-order valence-corrected chi connectivity index (χ3v) is 9.59. The third-order valence-electron chi connectivity index (χ3n) is 7.67. The van der Waals surface area contributed by atoms with Gasteiger partial charge in [-0.15, -0.1) is 0 Å². The Hall–Kier alpha value is -2.22. The Bertz CT molecular complexity index is 1090. The Morgan fingerprint density at radius 1 is 0.943 bits per heavy atom. The average molecular weight is 498 g/mol. The SMILES string of the molecule is Cc1ccc(S(=O)(=O)N2CCC(C(=O)NCc3ccccc3CN(C)C3CCCCC3)CC2)cc1. The molecule has 1 N–H and O–H groups in total. The second-order valence-corrected chi connectivity index (χ2v) is 12.1. The molecule has 0 radical (unpaired) electrons. The van der Waals surface area contributed by atoms with Gasteiger partial charge in [-0.1, -0.05) is 61.2 Å². The number of nitrogens with zero attached hydrogens (tertiary/aromatic N) is 2. The van der Waals surface area contributed by atoms with E-state index in [2.05, 4.69) is 35.5 Å². The molecule has 190 valence electrons. The summed E-state index contributed by atoms with van der Waals surface area (Å²) in [5.41, 5.74) is 3.45. The molecule has 1 saturated heterocycles. The maximum atomic E-state index is 12.9. The predicted molar refractivity (Wildman–Crippen MR) is 139 cm³/mol. The second-order valence-electron chi connectivity index (χ2n) is 10.2. The van der Waals surface area contributed by atoms with Crippen LogP contribution in [0.15, 0.2) is 53.4 Å². The van der Waals surface area contributed by atoms with E-state index < -0.39 is 10.0 Å². The van der Waals surface area contributed by atoms with Crippen LogP contribution in [-0.2, 0) is 27.9 Å². The number of hydrogen-bond donors (Lipinski definition) is 1. The summed E-state index contributed by atoms with van der Waals surface area (Å²) in [6, 6.07) is 16.0. The smallest absolute Gasteiger partial charge is 0.243 e. The summed E-state index contributed by atoms with van der Waals surface area (Å²) in [6.07, 6.45) is 7.62. The van der Waals surface area contributed by atoms with Crippen molar-refractivity contribution in [2.45, 2.75) is 75.9 Å². The molecule has 1 saturated carbocycles. The molecule has 1 heterocycles. The number of sulfonamides is 1. The van der Waals surface area contributed by atoms with Gasteiger partial charge in [-0.05, 0) is 62.9 Å². The molecule has 0 atom stereocenters. The van der Waals surface area contributed by atoms with Crippen molar-refractivity contribution in [2.24, 2.45) is 5.92 Å². The molecule has 2 aromatic rings. The Balaban J connectivity index is 1.29. The van der Waals surface area contributed by atoms with Gasteiger partial charge in [-0.3, -0.25) is 9.69 Å². The number of benzene rings is 2. The molecule has 2 fully saturated rings. The molecule has 2 aromatic carbocycles. The molecule has 0 bridgehead atoms. The summed E-state index contributed by atoms with van der Waals surface area (Å²) in [6.45, 7) is 4.09. The van der Waals surface area contributed by atoms with Crippen LogP contribution in [-0.4, -0.2) is 49.7 Å². The van der Waals surface area contributed by atoms with Gasteiger partial charge in [0.15, 0.2) is 0 Å². The van der Waals surface area contributed by atoms with Crippen LogP contribution in [0, 0.1) is 12.8 Å². The van der Waals surface area contributed by atoms with E-state index in [-0.39, 0.29) is 11.8 Å². The normalized spacial score (nSPS) is 18.6. The van der Waals surface area contributed by atoms with Crippen molar-refractivity contribution in [3.8, 4) is 0 Å². The van der Waals surface area contributed by atoms with E-state index in [0.29, 0.717) is 43.4 Å². The summed E-state index contributed by atoms with van der Waals surface area (Å²) < 4.78 is 27.4. The third kappa shape index (κ3) is 6.51. The van der Waals surface area contributed by atoms with Gasteiger partial charge in [0.1, 0.15) is 0 Å². The van der Waals surface area contributed by atoms with Gasteiger partial charge < -0.3 is 5.32 Å². The molecular formula is C28H39N3O3S. The summed E-state index contributed by atoms with van der Waals surface area (Å²) in [5.74, 6) is -0.135. The lowest BCUT2D eigenvalue weighted by molar-refractivity contribution is -0.126. The summed E-state index contributed by atoms with van der Waals surface area (Å²) >= 11 is 0. The van der Waals surface area contributed by atoms with Gasteiger partial charge >= 0.3 is 0 Å². The van der Waals surface area contributed by atoms with E-state index >= 15 is 0 Å². The number of aryl methyl sites for hydroxylation is 1. The minimum atomic E-state index is -3.51. The molecule has 1 amide bonds. The topological polar surface area (TPSA) is 69.7 Å². The number of nitrogens with one attached hydrogen (secondary N) is 1. The molecule has 0 unspecified atom stereocenters. The van der Waals surface area contributed by atoms with Crippen LogP contribution in [0.1, 0.15) is 61.6 Å². The summed E-state index contributed by atoms with van der Waals surface area (Å²) in [7, 11) is -1.30. The van der Waals surface area contributed by atoms with Crippen molar-refractivity contribution in [2.75, 3.05) is 20.1 Å². The van der Waals surface area contributed by atoms with E-state index in [9.17, 15) is 13.2 Å². The number of piperidine rings is 1. The minimum Gasteiger partial charge on any atom is -0.352 e. The van der Waals surface area contributed by atoms with E-state index in [0.717, 1.165) is 17.7 Å². The van der Waals surface area contributed by atoms with Crippen LogP contribution in [0.5, 0.6) is 0 Å². The fraction of sp³-hybridized carbons (Fsp3) is 0.536. The fourth-order valence-corrected chi connectivity index (χ4v) is 6.82. The highest BCUT2D eigenvalue weighted by molar-refractivity contribution is 7.89. The van der Waals surface area contributed by atoms with E-state index in [1.165, 1.54) is 42.0 Å². The standard InChI is InChI=1S/C28H39N3O3S/c1-22-12-14-27(15-13-22)35(33,34)31-18-16-23(17-19-31)28(32)29-20-24-8-6-7-9-25(24)21-30(2)26-10-4-3-5-11-26/h6-9,12-15,23,26H,3-5,10-11,16-21H2,1-2H3,(H,29,32). The van der Waals surface area contributed by atoms with Crippen LogP contribution in [0.2, 0.25) is 0 Å². The molecule has 1 aliphatic carbocycles. The summed E-state index contributed by atoms with van der Waals surface area (Å²) in [4.78, 5) is 15.7. The van der Waals surface area contributed by atoms with Crippen LogP contribution >= 0.6 is 0 Å². The first kappa shape index (κ1) is 25.9. The van der Waals surface area contributed by atoms with Gasteiger partial charge in [0.05, 0.1) is 4.90 Å². The Morgan fingerprint density at radius 2 is 1.57 bits per heavy atom. The van der Waals surface area contributed by atoms with E-state index in [1.807, 2.05) is 25.1 Å². The maximum absolute atomic E-state index is 12.9. The fourth-order valence-electron chi connectivity index (χ4n) is 5.35. The van der Waals surface area contributed by atoms with Gasteiger partial charge in [0, 0.05) is 38.1 Å². The van der Waals surface area contributed by atoms with Crippen molar-refractivity contribution < 1.29 is 13.2 Å². The van der Waals surface area contributed by atoms with Crippen molar-refractivity contribution >= 4 is 15.9 Å². The molecule has 4 rings (SSSR count). The summed E-state index contributed by atoms with van der Waals surface area (Å²) in [5, 5.41) is 3.13. The number of hydrogen-bond acceptors (Lipinski definition) is 4. The van der Waals surface area contributed by atoms with E-state index in [4.69, 9.17) is 0 Å². The lowest BCUT2D eigenvalue weighted by Gasteiger charge is -2.32. The molecule has 0 aromatic heterocycles. The molecule has 6 nitrogen and oxygen atoms in total. The first-order valence-corrected chi connectivity index (χ1v) is 14.4. The zero-order chi connectivity index (χ0) is 24.8. The zero-order valence-electron chi connectivity index (χ0n) is 21.1. The Morgan fingerprint density at radius 3 is 2.23 bits per heavy atom. The molecule has 2 aliphatic rings. The maximum Gasteiger partial charge on any atom is 0.243 e. The monoisotopic (exact) mass is 497 g/mol. The number of rotatable bonds is 8. The molecular weight excluding hydrogens is 458 g/mol. The highest BCUT2D eigenvalue weighted by Crippen LogP contribution is 2.25. The second kappa shape index (κ2) is 11.7. The minimum absolute atomic E-state index is 0.0211. The Kier molecular flexibility index (Phi) is 8.63. The van der Waals surface area contributed by atoms with Crippen LogP contribution in [0.4, 0.5) is 0 Å². The first-order valence-electron chi connectivity index (χ1n) is 13.0. The van der Waals surface area contributed by atoms with Crippen LogP contribution in [0.25, 0.3) is 0 Å². The average Bonchev–Trinajstić information content (AvgIpc) is 2.89. The molecule has 0 spiro atoms. The molecule has 35 heavy (non-hydrogen) atoms. The van der Waals surface area contributed by atoms with Gasteiger partial charge in [-0.25, -0.2) is 8.42 Å². The number of carbonyl (C=O) groups excluding carboxylic acids is 1. The van der Waals surface area contributed by atoms with Crippen molar-refractivity contribution in [1.82, 2.24) is 14.5 Å². The molecule has 7 heteroatoms. The number of amides is 1. The Labute approximate surface area is 210 Å². The van der Waals surface area contributed by atoms with Crippen LogP contribution < -0.4 is 5.32 Å². The van der Waals surface area contributed by atoms with Crippen molar-refractivity contribution in [3.05, 3.63) is 65.2 Å². The lowest BCUT2D eigenvalue weighted by Crippen LogP contribution is -2.42. The highest BCUT2D eigenvalue weighted by atomic mass is 32.2. The zero-order valence-corrected chi connectivity index (χ0v) is 21.9. The predicted octanol–water partition coefficient (Wildman–Crippen LogP) is 4.48. The van der Waals surface area contributed by atoms with Gasteiger partial charge in [0.25, 0.3) is 0 Å².